The molecule has 0 amide bonds. The molecule has 3 N–H and O–H groups in total. The average Bonchev–Trinajstić information content (AvgIpc) is 2.82. The standard InChI is InChI=1S/C14H17N3/c15-10-5-6-12-13(7-8-16-14(12)9-10)17-11-3-1-2-4-11/h5-9,11H,1-4,15H2,(H,16,17). The molecule has 1 heterocycles. The van der Waals surface area contributed by atoms with Gasteiger partial charge in [0.05, 0.1) is 5.52 Å². The van der Waals surface area contributed by atoms with E-state index in [0.717, 1.165) is 16.6 Å². The van der Waals surface area contributed by atoms with Crippen molar-refractivity contribution in [3.05, 3.63) is 30.5 Å². The van der Waals surface area contributed by atoms with E-state index in [1.807, 2.05) is 18.3 Å². The van der Waals surface area contributed by atoms with Crippen LogP contribution >= 0.6 is 0 Å². The molecule has 0 unspecified atom stereocenters. The molecule has 2 aromatic rings. The quantitative estimate of drug-likeness (QED) is 0.775. The third-order valence-corrected chi connectivity index (χ3v) is 3.48. The Morgan fingerprint density at radius 3 is 2.82 bits per heavy atom. The average molecular weight is 227 g/mol. The lowest BCUT2D eigenvalue weighted by Crippen LogP contribution is -2.14. The zero-order valence-electron chi connectivity index (χ0n) is 9.82. The molecule has 1 aliphatic rings. The van der Waals surface area contributed by atoms with Crippen LogP contribution in [-0.4, -0.2) is 11.0 Å². The molecule has 1 aromatic heterocycles. The molecular weight excluding hydrogens is 210 g/mol. The molecule has 3 nitrogen and oxygen atoms in total. The fourth-order valence-electron chi connectivity index (χ4n) is 2.58. The maximum atomic E-state index is 5.78. The number of benzene rings is 1. The molecule has 1 aromatic carbocycles. The van der Waals surface area contributed by atoms with E-state index in [9.17, 15) is 0 Å². The van der Waals surface area contributed by atoms with Gasteiger partial charge < -0.3 is 11.1 Å². The SMILES string of the molecule is Nc1ccc2c(NC3CCCC3)ccnc2c1. The first kappa shape index (κ1) is 10.4. The van der Waals surface area contributed by atoms with Crippen molar-refractivity contribution in [2.24, 2.45) is 0 Å². The number of aromatic nitrogens is 1. The number of nitrogens with two attached hydrogens (primary N) is 1. The first-order valence-corrected chi connectivity index (χ1v) is 6.24. The van der Waals surface area contributed by atoms with Gasteiger partial charge in [0.2, 0.25) is 0 Å². The highest BCUT2D eigenvalue weighted by atomic mass is 14.9. The van der Waals surface area contributed by atoms with Crippen LogP contribution in [0.25, 0.3) is 10.9 Å². The molecule has 88 valence electrons. The van der Waals surface area contributed by atoms with Gasteiger partial charge in [-0.3, -0.25) is 4.98 Å². The molecule has 3 heteroatoms. The molecule has 0 radical (unpaired) electrons. The Bertz CT molecular complexity index is 530. The van der Waals surface area contributed by atoms with E-state index < -0.39 is 0 Å². The van der Waals surface area contributed by atoms with Crippen LogP contribution in [0, 0.1) is 0 Å². The Morgan fingerprint density at radius 2 is 2.00 bits per heavy atom. The van der Waals surface area contributed by atoms with Crippen LogP contribution in [-0.2, 0) is 0 Å². The molecule has 0 aliphatic heterocycles. The molecule has 0 atom stereocenters. The minimum atomic E-state index is 0.623. The lowest BCUT2D eigenvalue weighted by molar-refractivity contribution is 0.756. The molecule has 1 fully saturated rings. The van der Waals surface area contributed by atoms with Crippen molar-refractivity contribution < 1.29 is 0 Å². The van der Waals surface area contributed by atoms with Crippen LogP contribution in [0.2, 0.25) is 0 Å². The van der Waals surface area contributed by atoms with E-state index in [1.54, 1.807) is 0 Å². The zero-order chi connectivity index (χ0) is 11.7. The summed E-state index contributed by atoms with van der Waals surface area (Å²) < 4.78 is 0. The molecule has 1 aliphatic carbocycles. The van der Waals surface area contributed by atoms with Crippen LogP contribution in [0.3, 0.4) is 0 Å². The Labute approximate surface area is 101 Å². The monoisotopic (exact) mass is 227 g/mol. The second-order valence-electron chi connectivity index (χ2n) is 4.76. The minimum Gasteiger partial charge on any atom is -0.399 e. The van der Waals surface area contributed by atoms with Gasteiger partial charge >= 0.3 is 0 Å². The van der Waals surface area contributed by atoms with E-state index in [4.69, 9.17) is 5.73 Å². The number of hydrogen-bond donors (Lipinski definition) is 2. The first-order chi connectivity index (χ1) is 8.33. The van der Waals surface area contributed by atoms with Crippen molar-refractivity contribution in [1.29, 1.82) is 0 Å². The number of hydrogen-bond acceptors (Lipinski definition) is 3. The second-order valence-corrected chi connectivity index (χ2v) is 4.76. The summed E-state index contributed by atoms with van der Waals surface area (Å²) >= 11 is 0. The number of pyridine rings is 1. The normalized spacial score (nSPS) is 16.5. The molecule has 0 spiro atoms. The third-order valence-electron chi connectivity index (χ3n) is 3.48. The fraction of sp³-hybridized carbons (Fsp3) is 0.357. The van der Waals surface area contributed by atoms with E-state index in [2.05, 4.69) is 22.4 Å². The highest BCUT2D eigenvalue weighted by molar-refractivity contribution is 5.92. The van der Waals surface area contributed by atoms with Crippen LogP contribution in [0.4, 0.5) is 11.4 Å². The van der Waals surface area contributed by atoms with Gasteiger partial charge in [-0.1, -0.05) is 12.8 Å². The van der Waals surface area contributed by atoms with Gasteiger partial charge in [-0.15, -0.1) is 0 Å². The van der Waals surface area contributed by atoms with E-state index in [1.165, 1.54) is 31.4 Å². The zero-order valence-corrected chi connectivity index (χ0v) is 9.82. The molecule has 0 bridgehead atoms. The first-order valence-electron chi connectivity index (χ1n) is 6.24. The number of anilines is 2. The van der Waals surface area contributed by atoms with Crippen LogP contribution in [0.5, 0.6) is 0 Å². The van der Waals surface area contributed by atoms with E-state index >= 15 is 0 Å². The van der Waals surface area contributed by atoms with Gasteiger partial charge in [-0.2, -0.15) is 0 Å². The smallest absolute Gasteiger partial charge is 0.0743 e. The van der Waals surface area contributed by atoms with Gasteiger partial charge in [0.25, 0.3) is 0 Å². The molecular formula is C14H17N3. The van der Waals surface area contributed by atoms with Crippen LogP contribution in [0.15, 0.2) is 30.5 Å². The van der Waals surface area contributed by atoms with Crippen molar-refractivity contribution in [1.82, 2.24) is 4.98 Å². The maximum Gasteiger partial charge on any atom is 0.0743 e. The molecule has 3 rings (SSSR count). The van der Waals surface area contributed by atoms with Gasteiger partial charge in [-0.25, -0.2) is 0 Å². The summed E-state index contributed by atoms with van der Waals surface area (Å²) in [6.07, 6.45) is 7.08. The molecule has 1 saturated carbocycles. The summed E-state index contributed by atoms with van der Waals surface area (Å²) in [7, 11) is 0. The van der Waals surface area contributed by atoms with Crippen molar-refractivity contribution in [2.45, 2.75) is 31.7 Å². The third kappa shape index (κ3) is 2.05. The summed E-state index contributed by atoms with van der Waals surface area (Å²) in [5.41, 5.74) is 8.69. The van der Waals surface area contributed by atoms with Crippen LogP contribution < -0.4 is 11.1 Å². The fourth-order valence-corrected chi connectivity index (χ4v) is 2.58. The van der Waals surface area contributed by atoms with Gasteiger partial charge in [-0.05, 0) is 37.1 Å². The largest absolute Gasteiger partial charge is 0.399 e. The van der Waals surface area contributed by atoms with Crippen molar-refractivity contribution in [3.8, 4) is 0 Å². The Hall–Kier alpha value is -1.77. The van der Waals surface area contributed by atoms with Crippen molar-refractivity contribution >= 4 is 22.3 Å². The topological polar surface area (TPSA) is 50.9 Å². The van der Waals surface area contributed by atoms with Crippen molar-refractivity contribution in [3.63, 3.8) is 0 Å². The Balaban J connectivity index is 1.97. The number of fused-ring (bicyclic) bond motifs is 1. The summed E-state index contributed by atoms with van der Waals surface area (Å²) in [4.78, 5) is 4.36. The molecule has 17 heavy (non-hydrogen) atoms. The highest BCUT2D eigenvalue weighted by Crippen LogP contribution is 2.27. The van der Waals surface area contributed by atoms with Crippen LogP contribution in [0.1, 0.15) is 25.7 Å². The van der Waals surface area contributed by atoms with Crippen molar-refractivity contribution in [2.75, 3.05) is 11.1 Å². The Kier molecular flexibility index (Phi) is 2.59. The summed E-state index contributed by atoms with van der Waals surface area (Å²) in [6.45, 7) is 0. The predicted octanol–water partition coefficient (Wildman–Crippen LogP) is 3.17. The lowest BCUT2D eigenvalue weighted by atomic mass is 10.1. The van der Waals surface area contributed by atoms with Gasteiger partial charge in [0, 0.05) is 29.0 Å². The Morgan fingerprint density at radius 1 is 1.18 bits per heavy atom. The summed E-state index contributed by atoms with van der Waals surface area (Å²) in [5.74, 6) is 0. The van der Waals surface area contributed by atoms with E-state index in [0.29, 0.717) is 6.04 Å². The van der Waals surface area contributed by atoms with E-state index in [-0.39, 0.29) is 0 Å². The number of nitrogens with zero attached hydrogens (tertiary/aromatic N) is 1. The van der Waals surface area contributed by atoms with Gasteiger partial charge in [0.1, 0.15) is 0 Å². The second kappa shape index (κ2) is 4.24. The summed E-state index contributed by atoms with van der Waals surface area (Å²) in [5, 5.41) is 4.78. The number of nitrogen functional groups attached to an aromatic ring is 1. The minimum absolute atomic E-state index is 0.623. The highest BCUT2D eigenvalue weighted by Gasteiger charge is 2.15. The maximum absolute atomic E-state index is 5.78. The number of rotatable bonds is 2. The number of nitrogens with one attached hydrogen (secondary N) is 1. The lowest BCUT2D eigenvalue weighted by Gasteiger charge is -2.15. The molecule has 0 saturated heterocycles. The summed E-state index contributed by atoms with van der Waals surface area (Å²) in [6, 6.07) is 8.59. The predicted molar refractivity (Wildman–Crippen MR) is 72.0 cm³/mol. The van der Waals surface area contributed by atoms with Gasteiger partial charge in [0.15, 0.2) is 0 Å².